The molecule has 1 aliphatic rings. The van der Waals surface area contributed by atoms with Gasteiger partial charge in [0.2, 0.25) is 0 Å². The summed E-state index contributed by atoms with van der Waals surface area (Å²) in [7, 11) is 0. The van der Waals surface area contributed by atoms with Gasteiger partial charge in [-0.2, -0.15) is 0 Å². The van der Waals surface area contributed by atoms with E-state index in [9.17, 15) is 0 Å². The first-order valence-electron chi connectivity index (χ1n) is 7.10. The van der Waals surface area contributed by atoms with Crippen LogP contribution in [0, 0.1) is 0 Å². The first-order valence-corrected chi connectivity index (χ1v) is 7.48. The molecule has 19 heavy (non-hydrogen) atoms. The Kier molecular flexibility index (Phi) is 5.74. The number of hydrogen-bond donors (Lipinski definition) is 1. The first kappa shape index (κ1) is 14.4. The zero-order valence-electron chi connectivity index (χ0n) is 11.5. The lowest BCUT2D eigenvalue weighted by atomic mass is 9.94. The highest BCUT2D eigenvalue weighted by molar-refractivity contribution is 6.30. The molecule has 0 spiro atoms. The molecule has 0 saturated carbocycles. The summed E-state index contributed by atoms with van der Waals surface area (Å²) in [6.45, 7) is 3.78. The maximum atomic E-state index is 5.87. The maximum absolute atomic E-state index is 5.87. The van der Waals surface area contributed by atoms with Crippen LogP contribution in [0.3, 0.4) is 0 Å². The Hall–Kier alpha value is -0.990. The van der Waals surface area contributed by atoms with Gasteiger partial charge >= 0.3 is 0 Å². The summed E-state index contributed by atoms with van der Waals surface area (Å²) in [5.74, 6) is 0.878. The number of allylic oxidation sites excluding steroid dienone is 1. The molecule has 2 rings (SSSR count). The molecule has 0 aliphatic heterocycles. The quantitative estimate of drug-likeness (QED) is 0.788. The molecule has 104 valence electrons. The number of hydrogen-bond acceptors (Lipinski definition) is 2. The van der Waals surface area contributed by atoms with Crippen LogP contribution in [-0.2, 0) is 0 Å². The molecule has 1 N–H and O–H groups in total. The van der Waals surface area contributed by atoms with Crippen molar-refractivity contribution in [1.29, 1.82) is 0 Å². The van der Waals surface area contributed by atoms with E-state index in [0.29, 0.717) is 12.6 Å². The second kappa shape index (κ2) is 7.56. The van der Waals surface area contributed by atoms with E-state index in [1.807, 2.05) is 24.3 Å². The fourth-order valence-corrected chi connectivity index (χ4v) is 2.56. The third kappa shape index (κ3) is 4.55. The molecule has 0 amide bonds. The van der Waals surface area contributed by atoms with Crippen LogP contribution in [0.15, 0.2) is 35.9 Å². The van der Waals surface area contributed by atoms with Crippen molar-refractivity contribution >= 4 is 11.6 Å². The minimum absolute atomic E-state index is 0.334. The second-order valence-electron chi connectivity index (χ2n) is 4.90. The summed E-state index contributed by atoms with van der Waals surface area (Å²) < 4.78 is 5.87. The minimum Gasteiger partial charge on any atom is -0.492 e. The standard InChI is InChI=1S/C16H22ClNO/c1-2-18-16(13-6-4-3-5-7-13)12-19-15-10-8-14(17)9-11-15/h6,8-11,16,18H,2-5,7,12H2,1H3. The number of nitrogens with one attached hydrogen (secondary N) is 1. The summed E-state index contributed by atoms with van der Waals surface area (Å²) in [5.41, 5.74) is 1.50. The monoisotopic (exact) mass is 279 g/mol. The van der Waals surface area contributed by atoms with Gasteiger partial charge in [-0.05, 0) is 56.5 Å². The molecule has 1 aromatic rings. The summed E-state index contributed by atoms with van der Waals surface area (Å²) in [5, 5.41) is 4.26. The summed E-state index contributed by atoms with van der Waals surface area (Å²) in [4.78, 5) is 0. The Morgan fingerprint density at radius 1 is 1.26 bits per heavy atom. The molecular weight excluding hydrogens is 258 g/mol. The Morgan fingerprint density at radius 3 is 2.68 bits per heavy atom. The smallest absolute Gasteiger partial charge is 0.119 e. The van der Waals surface area contributed by atoms with Gasteiger partial charge in [-0.1, -0.05) is 30.2 Å². The number of rotatable bonds is 6. The van der Waals surface area contributed by atoms with Crippen molar-refractivity contribution in [3.8, 4) is 5.75 Å². The van der Waals surface area contributed by atoms with E-state index in [-0.39, 0.29) is 0 Å². The zero-order chi connectivity index (χ0) is 13.5. The summed E-state index contributed by atoms with van der Waals surface area (Å²) in [6.07, 6.45) is 7.40. The molecule has 0 saturated heterocycles. The van der Waals surface area contributed by atoms with Crippen LogP contribution in [-0.4, -0.2) is 19.2 Å². The van der Waals surface area contributed by atoms with E-state index < -0.39 is 0 Å². The van der Waals surface area contributed by atoms with E-state index in [0.717, 1.165) is 17.3 Å². The Bertz CT molecular complexity index is 413. The zero-order valence-corrected chi connectivity index (χ0v) is 12.2. The predicted molar refractivity (Wildman–Crippen MR) is 81.0 cm³/mol. The van der Waals surface area contributed by atoms with Crippen molar-refractivity contribution in [1.82, 2.24) is 5.32 Å². The first-order chi connectivity index (χ1) is 9.29. The van der Waals surface area contributed by atoms with E-state index in [2.05, 4.69) is 18.3 Å². The molecule has 1 aromatic carbocycles. The van der Waals surface area contributed by atoms with Crippen LogP contribution in [0.1, 0.15) is 32.6 Å². The molecule has 0 heterocycles. The molecule has 1 unspecified atom stereocenters. The molecular formula is C16H22ClNO. The molecule has 1 atom stereocenters. The van der Waals surface area contributed by atoms with Gasteiger partial charge in [-0.3, -0.25) is 0 Å². The highest BCUT2D eigenvalue weighted by atomic mass is 35.5. The highest BCUT2D eigenvalue weighted by Gasteiger charge is 2.15. The van der Waals surface area contributed by atoms with Crippen molar-refractivity contribution in [2.45, 2.75) is 38.6 Å². The third-order valence-corrected chi connectivity index (χ3v) is 3.71. The molecule has 0 aromatic heterocycles. The third-order valence-electron chi connectivity index (χ3n) is 3.45. The van der Waals surface area contributed by atoms with Crippen LogP contribution < -0.4 is 10.1 Å². The van der Waals surface area contributed by atoms with Crippen LogP contribution in [0.5, 0.6) is 5.75 Å². The van der Waals surface area contributed by atoms with Crippen molar-refractivity contribution in [2.24, 2.45) is 0 Å². The van der Waals surface area contributed by atoms with Crippen LogP contribution >= 0.6 is 11.6 Å². The van der Waals surface area contributed by atoms with Gasteiger partial charge in [0.15, 0.2) is 0 Å². The van der Waals surface area contributed by atoms with Crippen LogP contribution in [0.2, 0.25) is 5.02 Å². The Labute approximate surface area is 120 Å². The van der Waals surface area contributed by atoms with Crippen LogP contribution in [0.4, 0.5) is 0 Å². The van der Waals surface area contributed by atoms with E-state index in [4.69, 9.17) is 16.3 Å². The van der Waals surface area contributed by atoms with Gasteiger partial charge in [0, 0.05) is 5.02 Å². The molecule has 0 fully saturated rings. The van der Waals surface area contributed by atoms with E-state index in [1.54, 1.807) is 0 Å². The molecule has 3 heteroatoms. The lowest BCUT2D eigenvalue weighted by molar-refractivity contribution is 0.278. The number of halogens is 1. The molecule has 1 aliphatic carbocycles. The largest absolute Gasteiger partial charge is 0.492 e. The van der Waals surface area contributed by atoms with E-state index in [1.165, 1.54) is 31.3 Å². The van der Waals surface area contributed by atoms with Gasteiger partial charge in [0.1, 0.15) is 12.4 Å². The van der Waals surface area contributed by atoms with Gasteiger partial charge in [-0.15, -0.1) is 0 Å². The summed E-state index contributed by atoms with van der Waals surface area (Å²) in [6, 6.07) is 7.89. The normalized spacial score (nSPS) is 16.8. The number of ether oxygens (including phenoxy) is 1. The average molecular weight is 280 g/mol. The van der Waals surface area contributed by atoms with E-state index >= 15 is 0 Å². The fraction of sp³-hybridized carbons (Fsp3) is 0.500. The molecule has 2 nitrogen and oxygen atoms in total. The molecule has 0 bridgehead atoms. The number of benzene rings is 1. The van der Waals surface area contributed by atoms with Crippen molar-refractivity contribution in [2.75, 3.05) is 13.2 Å². The lowest BCUT2D eigenvalue weighted by Gasteiger charge is -2.24. The fourth-order valence-electron chi connectivity index (χ4n) is 2.43. The topological polar surface area (TPSA) is 21.3 Å². The van der Waals surface area contributed by atoms with Gasteiger partial charge in [0.25, 0.3) is 0 Å². The van der Waals surface area contributed by atoms with Crippen molar-refractivity contribution in [3.05, 3.63) is 40.9 Å². The second-order valence-corrected chi connectivity index (χ2v) is 5.34. The van der Waals surface area contributed by atoms with Gasteiger partial charge in [0.05, 0.1) is 6.04 Å². The highest BCUT2D eigenvalue weighted by Crippen LogP contribution is 2.22. The average Bonchev–Trinajstić information content (AvgIpc) is 2.46. The Balaban J connectivity index is 1.92. The van der Waals surface area contributed by atoms with Gasteiger partial charge in [-0.25, -0.2) is 0 Å². The minimum atomic E-state index is 0.334. The lowest BCUT2D eigenvalue weighted by Crippen LogP contribution is -2.36. The van der Waals surface area contributed by atoms with Crippen LogP contribution in [0.25, 0.3) is 0 Å². The van der Waals surface area contributed by atoms with Gasteiger partial charge < -0.3 is 10.1 Å². The predicted octanol–water partition coefficient (Wildman–Crippen LogP) is 4.20. The number of likely N-dealkylation sites (N-methyl/N-ethyl adjacent to an activating group) is 1. The van der Waals surface area contributed by atoms with Crippen molar-refractivity contribution < 1.29 is 4.74 Å². The Morgan fingerprint density at radius 2 is 2.05 bits per heavy atom. The maximum Gasteiger partial charge on any atom is 0.119 e. The SMILES string of the molecule is CCNC(COc1ccc(Cl)cc1)C1=CCCCC1. The summed E-state index contributed by atoms with van der Waals surface area (Å²) >= 11 is 5.87. The molecule has 0 radical (unpaired) electrons. The van der Waals surface area contributed by atoms with Crippen molar-refractivity contribution in [3.63, 3.8) is 0 Å².